The van der Waals surface area contributed by atoms with E-state index in [0.717, 1.165) is 48.5 Å². The van der Waals surface area contributed by atoms with Crippen LogP contribution in [0, 0.1) is 5.82 Å². The number of aryl methyl sites for hydroxylation is 2. The van der Waals surface area contributed by atoms with Crippen LogP contribution >= 0.6 is 11.6 Å². The quantitative estimate of drug-likeness (QED) is 0.690. The average molecular weight is 374 g/mol. The first-order valence-electron chi connectivity index (χ1n) is 8.52. The number of nitrogens with one attached hydrogen (secondary N) is 1. The van der Waals surface area contributed by atoms with Crippen LogP contribution in [0.5, 0.6) is 5.75 Å². The number of amides is 1. The van der Waals surface area contributed by atoms with Crippen molar-refractivity contribution in [1.82, 2.24) is 0 Å². The van der Waals surface area contributed by atoms with Crippen LogP contribution in [0.3, 0.4) is 0 Å². The molecule has 1 aromatic heterocycles. The van der Waals surface area contributed by atoms with E-state index in [0.29, 0.717) is 5.75 Å². The van der Waals surface area contributed by atoms with Crippen LogP contribution in [0.2, 0.25) is 5.02 Å². The lowest BCUT2D eigenvalue weighted by molar-refractivity contribution is -0.118. The maximum atomic E-state index is 13.7. The van der Waals surface area contributed by atoms with Gasteiger partial charge in [-0.25, -0.2) is 4.39 Å². The van der Waals surface area contributed by atoms with Crippen LogP contribution in [-0.2, 0) is 17.6 Å². The largest absolute Gasteiger partial charge is 0.484 e. The summed E-state index contributed by atoms with van der Waals surface area (Å²) in [4.78, 5) is 12.0. The number of anilines is 1. The lowest BCUT2D eigenvalue weighted by Gasteiger charge is -2.10. The molecular weight excluding hydrogens is 357 g/mol. The van der Waals surface area contributed by atoms with Gasteiger partial charge in [-0.3, -0.25) is 4.79 Å². The van der Waals surface area contributed by atoms with E-state index in [1.54, 1.807) is 6.07 Å². The number of carbonyl (C=O) groups excluding carboxylic acids is 1. The standard InChI is InChI=1S/C20H17ClFNO3/c21-12-5-7-17(16(22)9-12)23-20(24)11-25-13-6-8-19-15(10-13)14-3-1-2-4-18(14)26-19/h5-10H,1-4,11H2,(H,23,24). The number of rotatable bonds is 4. The maximum absolute atomic E-state index is 13.7. The van der Waals surface area contributed by atoms with E-state index in [2.05, 4.69) is 5.32 Å². The number of fused-ring (bicyclic) bond motifs is 3. The Morgan fingerprint density at radius 1 is 1.19 bits per heavy atom. The molecule has 134 valence electrons. The third-order valence-electron chi connectivity index (χ3n) is 4.50. The molecule has 2 aromatic carbocycles. The van der Waals surface area contributed by atoms with E-state index < -0.39 is 11.7 Å². The fourth-order valence-corrected chi connectivity index (χ4v) is 3.42. The second kappa shape index (κ2) is 7.00. The van der Waals surface area contributed by atoms with Crippen molar-refractivity contribution in [1.29, 1.82) is 0 Å². The summed E-state index contributed by atoms with van der Waals surface area (Å²) in [5.41, 5.74) is 2.16. The normalized spacial score (nSPS) is 13.5. The van der Waals surface area contributed by atoms with Gasteiger partial charge in [-0.1, -0.05) is 11.6 Å². The Bertz CT molecular complexity index is 983. The molecule has 26 heavy (non-hydrogen) atoms. The van der Waals surface area contributed by atoms with Crippen molar-refractivity contribution in [2.45, 2.75) is 25.7 Å². The van der Waals surface area contributed by atoms with Gasteiger partial charge in [0.15, 0.2) is 6.61 Å². The number of ether oxygens (including phenoxy) is 1. The third-order valence-corrected chi connectivity index (χ3v) is 4.74. The van der Waals surface area contributed by atoms with Gasteiger partial charge in [-0.05, 0) is 55.7 Å². The molecule has 1 amide bonds. The molecule has 0 saturated carbocycles. The molecule has 0 bridgehead atoms. The van der Waals surface area contributed by atoms with E-state index >= 15 is 0 Å². The predicted octanol–water partition coefficient (Wildman–Crippen LogP) is 5.12. The van der Waals surface area contributed by atoms with Gasteiger partial charge in [-0.2, -0.15) is 0 Å². The van der Waals surface area contributed by atoms with Gasteiger partial charge in [-0.15, -0.1) is 0 Å². The topological polar surface area (TPSA) is 51.5 Å². The molecule has 4 rings (SSSR count). The molecule has 1 heterocycles. The predicted molar refractivity (Wildman–Crippen MR) is 98.4 cm³/mol. The summed E-state index contributed by atoms with van der Waals surface area (Å²) >= 11 is 5.70. The lowest BCUT2D eigenvalue weighted by atomic mass is 9.96. The minimum Gasteiger partial charge on any atom is -0.484 e. The third kappa shape index (κ3) is 3.40. The zero-order valence-electron chi connectivity index (χ0n) is 14.0. The van der Waals surface area contributed by atoms with Gasteiger partial charge in [0, 0.05) is 22.4 Å². The molecule has 1 aliphatic rings. The van der Waals surface area contributed by atoms with Crippen LogP contribution in [0.15, 0.2) is 40.8 Å². The minimum atomic E-state index is -0.586. The molecule has 1 aliphatic carbocycles. The zero-order valence-corrected chi connectivity index (χ0v) is 14.7. The molecule has 6 heteroatoms. The summed E-state index contributed by atoms with van der Waals surface area (Å²) in [7, 11) is 0. The fourth-order valence-electron chi connectivity index (χ4n) is 3.26. The van der Waals surface area contributed by atoms with Crippen LogP contribution in [0.4, 0.5) is 10.1 Å². The number of benzene rings is 2. The Hall–Kier alpha value is -2.53. The molecular formula is C20H17ClFNO3. The Labute approximate surface area is 154 Å². The van der Waals surface area contributed by atoms with Crippen LogP contribution in [0.1, 0.15) is 24.2 Å². The highest BCUT2D eigenvalue weighted by molar-refractivity contribution is 6.30. The van der Waals surface area contributed by atoms with Gasteiger partial charge in [0.25, 0.3) is 5.91 Å². The SMILES string of the molecule is O=C(COc1ccc2oc3c(c2c1)CCCC3)Nc1ccc(Cl)cc1F. The van der Waals surface area contributed by atoms with Gasteiger partial charge < -0.3 is 14.5 Å². The Morgan fingerprint density at radius 3 is 2.88 bits per heavy atom. The van der Waals surface area contributed by atoms with Crippen molar-refractivity contribution < 1.29 is 18.3 Å². The number of hydrogen-bond donors (Lipinski definition) is 1. The summed E-state index contributed by atoms with van der Waals surface area (Å²) in [6.45, 7) is -0.215. The first-order valence-corrected chi connectivity index (χ1v) is 8.90. The molecule has 1 N–H and O–H groups in total. The number of halogens is 2. The second-order valence-corrected chi connectivity index (χ2v) is 6.77. The summed E-state index contributed by atoms with van der Waals surface area (Å²) in [5, 5.41) is 3.79. The zero-order chi connectivity index (χ0) is 18.1. The van der Waals surface area contributed by atoms with Crippen molar-refractivity contribution >= 4 is 34.2 Å². The van der Waals surface area contributed by atoms with E-state index in [1.807, 2.05) is 12.1 Å². The lowest BCUT2D eigenvalue weighted by Crippen LogP contribution is -2.20. The number of carbonyl (C=O) groups is 1. The second-order valence-electron chi connectivity index (χ2n) is 6.33. The molecule has 3 aromatic rings. The highest BCUT2D eigenvalue weighted by Gasteiger charge is 2.18. The molecule has 0 radical (unpaired) electrons. The summed E-state index contributed by atoms with van der Waals surface area (Å²) in [6, 6.07) is 9.61. The Morgan fingerprint density at radius 2 is 2.04 bits per heavy atom. The molecule has 0 atom stereocenters. The monoisotopic (exact) mass is 373 g/mol. The van der Waals surface area contributed by atoms with Gasteiger partial charge in [0.05, 0.1) is 5.69 Å². The molecule has 0 fully saturated rings. The fraction of sp³-hybridized carbons (Fsp3) is 0.250. The Kier molecular flexibility index (Phi) is 4.55. The van der Waals surface area contributed by atoms with Crippen molar-refractivity contribution in [3.8, 4) is 5.75 Å². The minimum absolute atomic E-state index is 0.0716. The Balaban J connectivity index is 1.44. The van der Waals surface area contributed by atoms with E-state index in [4.69, 9.17) is 20.8 Å². The van der Waals surface area contributed by atoms with E-state index in [-0.39, 0.29) is 17.3 Å². The van der Waals surface area contributed by atoms with Gasteiger partial charge in [0.1, 0.15) is 22.9 Å². The van der Waals surface area contributed by atoms with Crippen molar-refractivity contribution in [2.24, 2.45) is 0 Å². The van der Waals surface area contributed by atoms with Crippen molar-refractivity contribution in [3.05, 3.63) is 58.6 Å². The smallest absolute Gasteiger partial charge is 0.262 e. The molecule has 0 unspecified atom stereocenters. The summed E-state index contributed by atoms with van der Waals surface area (Å²) in [5.74, 6) is 0.607. The van der Waals surface area contributed by atoms with E-state index in [1.165, 1.54) is 17.7 Å². The van der Waals surface area contributed by atoms with Crippen LogP contribution < -0.4 is 10.1 Å². The van der Waals surface area contributed by atoms with E-state index in [9.17, 15) is 9.18 Å². The van der Waals surface area contributed by atoms with Crippen molar-refractivity contribution in [2.75, 3.05) is 11.9 Å². The number of hydrogen-bond acceptors (Lipinski definition) is 3. The molecule has 4 nitrogen and oxygen atoms in total. The van der Waals surface area contributed by atoms with Crippen LogP contribution in [0.25, 0.3) is 11.0 Å². The van der Waals surface area contributed by atoms with Crippen LogP contribution in [-0.4, -0.2) is 12.5 Å². The average Bonchev–Trinajstić information content (AvgIpc) is 3.00. The maximum Gasteiger partial charge on any atom is 0.262 e. The first-order chi connectivity index (χ1) is 12.6. The number of furan rings is 1. The molecule has 0 saturated heterocycles. The summed E-state index contributed by atoms with van der Waals surface area (Å²) in [6.07, 6.45) is 4.27. The highest BCUT2D eigenvalue weighted by Crippen LogP contribution is 2.33. The van der Waals surface area contributed by atoms with Crippen molar-refractivity contribution in [3.63, 3.8) is 0 Å². The summed E-state index contributed by atoms with van der Waals surface area (Å²) < 4.78 is 25.2. The molecule has 0 aliphatic heterocycles. The first kappa shape index (κ1) is 16.9. The molecule has 0 spiro atoms. The van der Waals surface area contributed by atoms with Gasteiger partial charge in [0.2, 0.25) is 0 Å². The van der Waals surface area contributed by atoms with Gasteiger partial charge >= 0.3 is 0 Å². The highest BCUT2D eigenvalue weighted by atomic mass is 35.5.